The molecule has 1 aliphatic carbocycles. The Morgan fingerprint density at radius 3 is 2.81 bits per heavy atom. The summed E-state index contributed by atoms with van der Waals surface area (Å²) in [6.45, 7) is 6.71. The van der Waals surface area contributed by atoms with Crippen LogP contribution in [0, 0.1) is 17.8 Å². The molecular formula is C19H25NO. The lowest BCUT2D eigenvalue weighted by atomic mass is 9.64. The molecule has 2 nitrogen and oxygen atoms in total. The highest BCUT2D eigenvalue weighted by molar-refractivity contribution is 5.79. The molecule has 2 heteroatoms. The Balaban J connectivity index is 2.07. The molecule has 3 rings (SSSR count). The first-order valence-corrected chi connectivity index (χ1v) is 8.08. The third-order valence-electron chi connectivity index (χ3n) is 5.15. The van der Waals surface area contributed by atoms with Gasteiger partial charge in [0.15, 0.2) is 0 Å². The van der Waals surface area contributed by atoms with E-state index in [-0.39, 0.29) is 0 Å². The summed E-state index contributed by atoms with van der Waals surface area (Å²) in [4.78, 5) is 4.45. The standard InChI is InChI=1S/C19H25NO/c1-13(2)17-9-6-14(3)12-19(17,21)16-8-7-15-5-4-10-20-18(15)11-16/h4-5,7-8,10-11,13-14,17,21H,6,9,12H2,1-3H3. The van der Waals surface area contributed by atoms with Gasteiger partial charge >= 0.3 is 0 Å². The van der Waals surface area contributed by atoms with Gasteiger partial charge < -0.3 is 5.11 Å². The van der Waals surface area contributed by atoms with E-state index in [1.54, 1.807) is 0 Å². The van der Waals surface area contributed by atoms with Crippen molar-refractivity contribution in [3.63, 3.8) is 0 Å². The van der Waals surface area contributed by atoms with Gasteiger partial charge in [-0.05, 0) is 48.3 Å². The van der Waals surface area contributed by atoms with Gasteiger partial charge in [0.05, 0.1) is 11.1 Å². The third-order valence-corrected chi connectivity index (χ3v) is 5.15. The van der Waals surface area contributed by atoms with Gasteiger partial charge in [-0.1, -0.05) is 45.4 Å². The summed E-state index contributed by atoms with van der Waals surface area (Å²) in [6, 6.07) is 10.3. The van der Waals surface area contributed by atoms with E-state index < -0.39 is 5.60 Å². The lowest BCUT2D eigenvalue weighted by Gasteiger charge is -2.45. The molecule has 0 spiro atoms. The van der Waals surface area contributed by atoms with E-state index in [1.807, 2.05) is 12.3 Å². The molecule has 1 aromatic heterocycles. The predicted octanol–water partition coefficient (Wildman–Crippen LogP) is 4.51. The number of aromatic nitrogens is 1. The number of hydrogen-bond acceptors (Lipinski definition) is 2. The minimum absolute atomic E-state index is 0.329. The highest BCUT2D eigenvalue weighted by Crippen LogP contribution is 2.47. The first kappa shape index (κ1) is 14.5. The molecule has 21 heavy (non-hydrogen) atoms. The summed E-state index contributed by atoms with van der Waals surface area (Å²) < 4.78 is 0. The summed E-state index contributed by atoms with van der Waals surface area (Å²) in [7, 11) is 0. The number of aliphatic hydroxyl groups is 1. The van der Waals surface area contributed by atoms with Crippen molar-refractivity contribution in [1.82, 2.24) is 4.98 Å². The number of pyridine rings is 1. The zero-order chi connectivity index (χ0) is 15.0. The average molecular weight is 283 g/mol. The van der Waals surface area contributed by atoms with Crippen molar-refractivity contribution in [2.75, 3.05) is 0 Å². The molecular weight excluding hydrogens is 258 g/mol. The molecule has 1 fully saturated rings. The van der Waals surface area contributed by atoms with Gasteiger partial charge in [-0.15, -0.1) is 0 Å². The highest BCUT2D eigenvalue weighted by Gasteiger charge is 2.44. The first-order valence-electron chi connectivity index (χ1n) is 8.08. The van der Waals surface area contributed by atoms with E-state index in [0.29, 0.717) is 17.8 Å². The maximum absolute atomic E-state index is 11.5. The molecule has 0 radical (unpaired) electrons. The molecule has 1 aromatic carbocycles. The average Bonchev–Trinajstić information content (AvgIpc) is 2.46. The quantitative estimate of drug-likeness (QED) is 0.879. The van der Waals surface area contributed by atoms with E-state index in [4.69, 9.17) is 0 Å². The number of nitrogens with zero attached hydrogens (tertiary/aromatic N) is 1. The minimum atomic E-state index is -0.711. The molecule has 0 amide bonds. The van der Waals surface area contributed by atoms with E-state index in [9.17, 15) is 5.11 Å². The van der Waals surface area contributed by atoms with Gasteiger partial charge in [0.1, 0.15) is 0 Å². The fourth-order valence-electron chi connectivity index (χ4n) is 4.04. The molecule has 2 aromatic rings. The number of hydrogen-bond donors (Lipinski definition) is 1. The van der Waals surface area contributed by atoms with Crippen LogP contribution >= 0.6 is 0 Å². The Kier molecular flexibility index (Phi) is 3.75. The monoisotopic (exact) mass is 283 g/mol. The summed E-state index contributed by atoms with van der Waals surface area (Å²) in [5.41, 5.74) is 1.31. The summed E-state index contributed by atoms with van der Waals surface area (Å²) in [5, 5.41) is 12.6. The fraction of sp³-hybridized carbons (Fsp3) is 0.526. The van der Waals surface area contributed by atoms with Gasteiger partial charge in [-0.25, -0.2) is 0 Å². The second-order valence-corrected chi connectivity index (χ2v) is 7.07. The van der Waals surface area contributed by atoms with Crippen LogP contribution in [0.3, 0.4) is 0 Å². The maximum atomic E-state index is 11.5. The van der Waals surface area contributed by atoms with Gasteiger partial charge in [0.2, 0.25) is 0 Å². The SMILES string of the molecule is CC1CCC(C(C)C)C(O)(c2ccc3cccnc3c2)C1. The zero-order valence-corrected chi connectivity index (χ0v) is 13.2. The summed E-state index contributed by atoms with van der Waals surface area (Å²) in [5.74, 6) is 1.39. The van der Waals surface area contributed by atoms with Crippen molar-refractivity contribution < 1.29 is 5.11 Å². The molecule has 1 heterocycles. The molecule has 1 saturated carbocycles. The Hall–Kier alpha value is -1.41. The van der Waals surface area contributed by atoms with Crippen LogP contribution in [-0.2, 0) is 5.60 Å². The second-order valence-electron chi connectivity index (χ2n) is 7.07. The summed E-state index contributed by atoms with van der Waals surface area (Å²) >= 11 is 0. The van der Waals surface area contributed by atoms with Crippen molar-refractivity contribution in [1.29, 1.82) is 0 Å². The van der Waals surface area contributed by atoms with Gasteiger partial charge in [0, 0.05) is 11.6 Å². The third kappa shape index (κ3) is 2.57. The Labute approximate surface area is 127 Å². The zero-order valence-electron chi connectivity index (χ0n) is 13.2. The second kappa shape index (κ2) is 5.42. The van der Waals surface area contributed by atoms with Crippen LogP contribution in [0.4, 0.5) is 0 Å². The van der Waals surface area contributed by atoms with E-state index in [0.717, 1.165) is 29.3 Å². The molecule has 1 aliphatic rings. The Bertz CT molecular complexity index is 636. The van der Waals surface area contributed by atoms with Crippen molar-refractivity contribution >= 4 is 10.9 Å². The van der Waals surface area contributed by atoms with Crippen molar-refractivity contribution in [2.45, 2.75) is 45.6 Å². The van der Waals surface area contributed by atoms with Crippen molar-refractivity contribution in [2.24, 2.45) is 17.8 Å². The van der Waals surface area contributed by atoms with Crippen LogP contribution in [0.2, 0.25) is 0 Å². The van der Waals surface area contributed by atoms with E-state index in [2.05, 4.69) is 50.0 Å². The number of benzene rings is 1. The molecule has 0 saturated heterocycles. The van der Waals surface area contributed by atoms with Crippen LogP contribution in [-0.4, -0.2) is 10.1 Å². The van der Waals surface area contributed by atoms with Gasteiger partial charge in [-0.3, -0.25) is 4.98 Å². The fourth-order valence-corrected chi connectivity index (χ4v) is 4.04. The number of fused-ring (bicyclic) bond motifs is 1. The van der Waals surface area contributed by atoms with Crippen molar-refractivity contribution in [3.8, 4) is 0 Å². The lowest BCUT2D eigenvalue weighted by Crippen LogP contribution is -2.43. The van der Waals surface area contributed by atoms with Crippen LogP contribution < -0.4 is 0 Å². The molecule has 1 N–H and O–H groups in total. The topological polar surface area (TPSA) is 33.1 Å². The smallest absolute Gasteiger partial charge is 0.0930 e. The molecule has 3 atom stereocenters. The highest BCUT2D eigenvalue weighted by atomic mass is 16.3. The Morgan fingerprint density at radius 1 is 1.24 bits per heavy atom. The van der Waals surface area contributed by atoms with Crippen LogP contribution in [0.15, 0.2) is 36.5 Å². The molecule has 0 bridgehead atoms. The summed E-state index contributed by atoms with van der Waals surface area (Å²) in [6.07, 6.45) is 5.00. The number of rotatable bonds is 2. The van der Waals surface area contributed by atoms with E-state index >= 15 is 0 Å². The maximum Gasteiger partial charge on any atom is 0.0930 e. The minimum Gasteiger partial charge on any atom is -0.385 e. The van der Waals surface area contributed by atoms with Crippen molar-refractivity contribution in [3.05, 3.63) is 42.1 Å². The normalized spacial score (nSPS) is 30.0. The predicted molar refractivity (Wildman–Crippen MR) is 87.0 cm³/mol. The van der Waals surface area contributed by atoms with Crippen LogP contribution in [0.25, 0.3) is 10.9 Å². The molecule has 112 valence electrons. The van der Waals surface area contributed by atoms with E-state index in [1.165, 1.54) is 6.42 Å². The molecule has 0 aliphatic heterocycles. The first-order chi connectivity index (χ1) is 10.0. The lowest BCUT2D eigenvalue weighted by molar-refractivity contribution is -0.0865. The molecule has 3 unspecified atom stereocenters. The van der Waals surface area contributed by atoms with Crippen LogP contribution in [0.5, 0.6) is 0 Å². The van der Waals surface area contributed by atoms with Gasteiger partial charge in [-0.2, -0.15) is 0 Å². The van der Waals surface area contributed by atoms with Crippen LogP contribution in [0.1, 0.15) is 45.6 Å². The Morgan fingerprint density at radius 2 is 2.05 bits per heavy atom. The van der Waals surface area contributed by atoms with Gasteiger partial charge in [0.25, 0.3) is 0 Å². The largest absolute Gasteiger partial charge is 0.385 e.